The average molecular weight is 263 g/mol. The van der Waals surface area contributed by atoms with Crippen LogP contribution in [0.3, 0.4) is 0 Å². The molecule has 2 heterocycles. The summed E-state index contributed by atoms with van der Waals surface area (Å²) in [6, 6.07) is -0.443. The van der Waals surface area contributed by atoms with Gasteiger partial charge in [-0.1, -0.05) is 0 Å². The molecule has 0 saturated carbocycles. The molecule has 2 fully saturated rings. The predicted molar refractivity (Wildman–Crippen MR) is 60.4 cm³/mol. The Kier molecular flexibility index (Phi) is 2.95. The third kappa shape index (κ3) is 2.31. The molecular weight excluding hydrogens is 246 g/mol. The highest BCUT2D eigenvalue weighted by Gasteiger charge is 2.47. The molecule has 2 aliphatic heterocycles. The summed E-state index contributed by atoms with van der Waals surface area (Å²) in [4.78, 5) is 12.9. The van der Waals surface area contributed by atoms with Gasteiger partial charge in [-0.3, -0.25) is 9.69 Å². The van der Waals surface area contributed by atoms with Gasteiger partial charge in [-0.15, -0.1) is 0 Å². The molecule has 2 N–H and O–H groups in total. The first-order valence-corrected chi connectivity index (χ1v) is 7.42. The minimum absolute atomic E-state index is 0.0656. The molecule has 0 aromatic heterocycles. The van der Waals surface area contributed by atoms with Crippen molar-refractivity contribution in [3.8, 4) is 0 Å². The summed E-state index contributed by atoms with van der Waals surface area (Å²) in [7, 11) is -3.18. The molecule has 6 nitrogen and oxygen atoms in total. The van der Waals surface area contributed by atoms with Gasteiger partial charge in [0.25, 0.3) is 0 Å². The van der Waals surface area contributed by atoms with Crippen LogP contribution in [-0.4, -0.2) is 66.2 Å². The summed E-state index contributed by atoms with van der Waals surface area (Å²) in [5.41, 5.74) is -0.827. The highest BCUT2D eigenvalue weighted by molar-refractivity contribution is 7.91. The van der Waals surface area contributed by atoms with Gasteiger partial charge in [0, 0.05) is 6.54 Å². The Hall–Kier alpha value is -0.660. The van der Waals surface area contributed by atoms with Crippen LogP contribution in [0.15, 0.2) is 0 Å². The van der Waals surface area contributed by atoms with E-state index in [4.69, 9.17) is 5.11 Å². The van der Waals surface area contributed by atoms with Crippen molar-refractivity contribution in [3.05, 3.63) is 0 Å². The summed E-state index contributed by atoms with van der Waals surface area (Å²) in [5, 5.41) is 18.8. The van der Waals surface area contributed by atoms with Crippen molar-refractivity contribution in [2.45, 2.75) is 25.5 Å². The predicted octanol–water partition coefficient (Wildman–Crippen LogP) is -1.06. The van der Waals surface area contributed by atoms with Crippen molar-refractivity contribution < 1.29 is 23.4 Å². The highest BCUT2D eigenvalue weighted by Crippen LogP contribution is 2.33. The van der Waals surface area contributed by atoms with E-state index in [0.717, 1.165) is 0 Å². The van der Waals surface area contributed by atoms with Gasteiger partial charge in [-0.25, -0.2) is 8.42 Å². The van der Waals surface area contributed by atoms with Gasteiger partial charge in [-0.05, 0) is 19.9 Å². The number of aliphatic hydroxyl groups is 1. The lowest BCUT2D eigenvalue weighted by atomic mass is 9.90. The first kappa shape index (κ1) is 12.8. The Balaban J connectivity index is 2.10. The van der Waals surface area contributed by atoms with E-state index in [-0.39, 0.29) is 11.5 Å². The lowest BCUT2D eigenvalue weighted by Crippen LogP contribution is -2.43. The first-order chi connectivity index (χ1) is 7.73. The lowest BCUT2D eigenvalue weighted by Gasteiger charge is -2.26. The zero-order valence-corrected chi connectivity index (χ0v) is 10.5. The Bertz CT molecular complexity index is 434. The fourth-order valence-corrected chi connectivity index (χ4v) is 4.45. The zero-order valence-electron chi connectivity index (χ0n) is 9.66. The quantitative estimate of drug-likeness (QED) is 0.659. The van der Waals surface area contributed by atoms with Crippen molar-refractivity contribution in [1.29, 1.82) is 0 Å². The second kappa shape index (κ2) is 3.93. The molecule has 3 unspecified atom stereocenters. The van der Waals surface area contributed by atoms with E-state index in [1.54, 1.807) is 11.8 Å². The molecule has 2 aliphatic rings. The van der Waals surface area contributed by atoms with Crippen molar-refractivity contribution in [1.82, 2.24) is 4.90 Å². The summed E-state index contributed by atoms with van der Waals surface area (Å²) >= 11 is 0. The van der Waals surface area contributed by atoms with Crippen LogP contribution in [0.5, 0.6) is 0 Å². The summed E-state index contributed by atoms with van der Waals surface area (Å²) in [6.07, 6.45) is -0.401. The van der Waals surface area contributed by atoms with E-state index < -0.39 is 33.4 Å². The van der Waals surface area contributed by atoms with Crippen molar-refractivity contribution in [2.75, 3.05) is 24.6 Å². The smallest absolute Gasteiger partial charge is 0.310 e. The number of carboxylic acids is 1. The van der Waals surface area contributed by atoms with Gasteiger partial charge in [0.15, 0.2) is 9.84 Å². The molecular formula is C10H17NO5S. The Morgan fingerprint density at radius 3 is 2.47 bits per heavy atom. The summed E-state index contributed by atoms with van der Waals surface area (Å²) in [6.45, 7) is 2.49. The minimum Gasteiger partial charge on any atom is -0.481 e. The molecule has 17 heavy (non-hydrogen) atoms. The lowest BCUT2D eigenvalue weighted by molar-refractivity contribution is -0.147. The number of sulfone groups is 1. The van der Waals surface area contributed by atoms with Gasteiger partial charge >= 0.3 is 5.97 Å². The largest absolute Gasteiger partial charge is 0.481 e. The third-order valence-corrected chi connectivity index (χ3v) is 5.48. The SMILES string of the molecule is CC1(C(=O)O)CCN(C2CS(=O)(=O)CC2O)C1. The van der Waals surface area contributed by atoms with Crippen LogP contribution in [0.2, 0.25) is 0 Å². The monoisotopic (exact) mass is 263 g/mol. The van der Waals surface area contributed by atoms with Crippen molar-refractivity contribution in [3.63, 3.8) is 0 Å². The van der Waals surface area contributed by atoms with Crippen LogP contribution in [0.1, 0.15) is 13.3 Å². The Labute approximate surface area is 100 Å². The van der Waals surface area contributed by atoms with Gasteiger partial charge in [0.2, 0.25) is 0 Å². The standard InChI is InChI=1S/C10H17NO5S/c1-10(9(13)14)2-3-11(6-10)7-4-17(15,16)5-8(7)12/h7-8,12H,2-6H2,1H3,(H,13,14). The van der Waals surface area contributed by atoms with E-state index >= 15 is 0 Å². The van der Waals surface area contributed by atoms with Crippen LogP contribution in [0.4, 0.5) is 0 Å². The molecule has 98 valence electrons. The second-order valence-electron chi connectivity index (χ2n) is 5.30. The minimum atomic E-state index is -3.18. The van der Waals surface area contributed by atoms with Crippen LogP contribution in [0, 0.1) is 5.41 Å². The summed E-state index contributed by atoms with van der Waals surface area (Å²) < 4.78 is 22.8. The topological polar surface area (TPSA) is 94.9 Å². The second-order valence-corrected chi connectivity index (χ2v) is 7.45. The van der Waals surface area contributed by atoms with E-state index in [1.807, 2.05) is 0 Å². The highest BCUT2D eigenvalue weighted by atomic mass is 32.2. The van der Waals surface area contributed by atoms with E-state index in [1.165, 1.54) is 0 Å². The Morgan fingerprint density at radius 2 is 2.06 bits per heavy atom. The number of carboxylic acid groups (broad SMARTS) is 1. The van der Waals surface area contributed by atoms with E-state index in [0.29, 0.717) is 19.5 Å². The number of hydrogen-bond acceptors (Lipinski definition) is 5. The fourth-order valence-electron chi connectivity index (χ4n) is 2.61. The van der Waals surface area contributed by atoms with Crippen molar-refractivity contribution >= 4 is 15.8 Å². The van der Waals surface area contributed by atoms with Crippen molar-refractivity contribution in [2.24, 2.45) is 5.41 Å². The van der Waals surface area contributed by atoms with Crippen LogP contribution >= 0.6 is 0 Å². The fraction of sp³-hybridized carbons (Fsp3) is 0.900. The van der Waals surface area contributed by atoms with Crippen LogP contribution in [-0.2, 0) is 14.6 Å². The maximum Gasteiger partial charge on any atom is 0.310 e. The van der Waals surface area contributed by atoms with E-state index in [9.17, 15) is 18.3 Å². The molecule has 0 radical (unpaired) electrons. The number of aliphatic hydroxyl groups excluding tert-OH is 1. The molecule has 0 aliphatic carbocycles. The van der Waals surface area contributed by atoms with Gasteiger partial charge in [0.05, 0.1) is 29.1 Å². The number of carbonyl (C=O) groups is 1. The molecule has 0 bridgehead atoms. The number of nitrogens with zero attached hydrogens (tertiary/aromatic N) is 1. The number of aliphatic carboxylic acids is 1. The van der Waals surface area contributed by atoms with Gasteiger partial charge in [0.1, 0.15) is 0 Å². The maximum absolute atomic E-state index is 11.4. The van der Waals surface area contributed by atoms with Gasteiger partial charge in [-0.2, -0.15) is 0 Å². The molecule has 0 amide bonds. The molecule has 7 heteroatoms. The maximum atomic E-state index is 11.4. The van der Waals surface area contributed by atoms with Gasteiger partial charge < -0.3 is 10.2 Å². The molecule has 0 aromatic rings. The van der Waals surface area contributed by atoms with Crippen LogP contribution in [0.25, 0.3) is 0 Å². The molecule has 2 saturated heterocycles. The molecule has 0 spiro atoms. The third-order valence-electron chi connectivity index (χ3n) is 3.78. The summed E-state index contributed by atoms with van der Waals surface area (Å²) in [5.74, 6) is -1.14. The Morgan fingerprint density at radius 1 is 1.41 bits per heavy atom. The number of rotatable bonds is 2. The first-order valence-electron chi connectivity index (χ1n) is 5.59. The van der Waals surface area contributed by atoms with Crippen LogP contribution < -0.4 is 0 Å². The molecule has 0 aromatic carbocycles. The van der Waals surface area contributed by atoms with E-state index in [2.05, 4.69) is 0 Å². The molecule has 3 atom stereocenters. The zero-order chi connectivity index (χ0) is 12.8. The molecule has 2 rings (SSSR count). The normalized spacial score (nSPS) is 41.8. The number of hydrogen-bond donors (Lipinski definition) is 2. The average Bonchev–Trinajstić information content (AvgIpc) is 2.68. The number of likely N-dealkylation sites (tertiary alicyclic amines) is 1.